The Labute approximate surface area is 221 Å². The maximum absolute atomic E-state index is 13.8. The molecule has 3 N–H and O–H groups in total. The number of aryl methyl sites for hydroxylation is 2. The van der Waals surface area contributed by atoms with Crippen molar-refractivity contribution in [3.8, 4) is 0 Å². The van der Waals surface area contributed by atoms with Crippen LogP contribution < -0.4 is 16.2 Å². The number of aliphatic hydroxyl groups excluding tert-OH is 1. The van der Waals surface area contributed by atoms with E-state index in [1.54, 1.807) is 40.8 Å². The van der Waals surface area contributed by atoms with Crippen molar-refractivity contribution in [2.24, 2.45) is 7.05 Å². The number of fused-ring (bicyclic) bond motifs is 1. The van der Waals surface area contributed by atoms with Gasteiger partial charge in [0, 0.05) is 44.0 Å². The van der Waals surface area contributed by atoms with Gasteiger partial charge in [0.05, 0.1) is 23.1 Å². The van der Waals surface area contributed by atoms with Crippen LogP contribution in [-0.2, 0) is 24.8 Å². The first kappa shape index (κ1) is 27.1. The number of aromatic nitrogens is 2. The number of hydrogen-bond acceptors (Lipinski definition) is 6. The molecule has 1 aromatic carbocycles. The predicted molar refractivity (Wildman–Crippen MR) is 146 cm³/mol. The largest absolute Gasteiger partial charge is 0.387 e. The number of hydrogen-bond donors (Lipinski definition) is 3. The van der Waals surface area contributed by atoms with Gasteiger partial charge in [-0.25, -0.2) is 0 Å². The van der Waals surface area contributed by atoms with Crippen molar-refractivity contribution >= 4 is 34.2 Å². The summed E-state index contributed by atoms with van der Waals surface area (Å²) in [6, 6.07) is 10.6. The van der Waals surface area contributed by atoms with Crippen LogP contribution in [0.4, 0.5) is 5.69 Å². The van der Waals surface area contributed by atoms with E-state index in [4.69, 9.17) is 5.11 Å². The van der Waals surface area contributed by atoms with Crippen molar-refractivity contribution in [3.05, 3.63) is 63.7 Å². The molecule has 38 heavy (non-hydrogen) atoms. The molecule has 3 aromatic rings. The van der Waals surface area contributed by atoms with E-state index in [9.17, 15) is 19.2 Å². The van der Waals surface area contributed by atoms with E-state index in [1.165, 1.54) is 4.57 Å². The van der Waals surface area contributed by atoms with E-state index < -0.39 is 6.61 Å². The van der Waals surface area contributed by atoms with Crippen molar-refractivity contribution in [3.63, 3.8) is 0 Å². The number of piperidine rings is 1. The van der Waals surface area contributed by atoms with Crippen molar-refractivity contribution in [2.75, 3.05) is 31.6 Å². The minimum absolute atomic E-state index is 0.0882. The topological polar surface area (TPSA) is 126 Å². The highest BCUT2D eigenvalue weighted by Crippen LogP contribution is 2.29. The highest BCUT2D eigenvalue weighted by molar-refractivity contribution is 6.09. The number of carbonyl (C=O) groups excluding carboxylic acids is 3. The average molecular weight is 522 g/mol. The summed E-state index contributed by atoms with van der Waals surface area (Å²) >= 11 is 0. The maximum atomic E-state index is 13.8. The molecule has 202 valence electrons. The molecule has 10 nitrogen and oxygen atoms in total. The van der Waals surface area contributed by atoms with Gasteiger partial charge in [-0.3, -0.25) is 19.2 Å². The van der Waals surface area contributed by atoms with Gasteiger partial charge in [-0.05, 0) is 32.3 Å². The van der Waals surface area contributed by atoms with Crippen LogP contribution in [0.25, 0.3) is 10.9 Å². The number of likely N-dealkylation sites (tertiary alicyclic amines) is 1. The van der Waals surface area contributed by atoms with E-state index in [2.05, 4.69) is 10.6 Å². The van der Waals surface area contributed by atoms with Crippen LogP contribution >= 0.6 is 0 Å². The zero-order valence-electron chi connectivity index (χ0n) is 22.1. The van der Waals surface area contributed by atoms with Crippen LogP contribution in [0, 0.1) is 0 Å². The fourth-order valence-electron chi connectivity index (χ4n) is 5.16. The molecule has 1 fully saturated rings. The molecule has 1 aliphatic rings. The third-order valence-electron chi connectivity index (χ3n) is 7.20. The van der Waals surface area contributed by atoms with Crippen LogP contribution in [0.1, 0.15) is 53.2 Å². The summed E-state index contributed by atoms with van der Waals surface area (Å²) in [7, 11) is 1.76. The van der Waals surface area contributed by atoms with E-state index >= 15 is 0 Å². The number of anilines is 1. The number of Topliss-reactive ketones (excluding diaryl/α,β-unsaturated/α-hetero) is 1. The molecule has 2 aromatic heterocycles. The molecule has 1 saturated heterocycles. The third-order valence-corrected chi connectivity index (χ3v) is 7.20. The number of ketones is 1. The number of aliphatic hydroxyl groups is 1. The highest BCUT2D eigenvalue weighted by atomic mass is 16.3. The molecule has 10 heteroatoms. The van der Waals surface area contributed by atoms with Crippen molar-refractivity contribution in [2.45, 2.75) is 45.7 Å². The van der Waals surface area contributed by atoms with E-state index in [-0.39, 0.29) is 35.7 Å². The number of pyridine rings is 1. The summed E-state index contributed by atoms with van der Waals surface area (Å²) in [6.07, 6.45) is 1.69. The summed E-state index contributed by atoms with van der Waals surface area (Å²) in [5.74, 6) is -0.783. The molecule has 2 amide bonds. The quantitative estimate of drug-likeness (QED) is 0.370. The Balaban J connectivity index is 1.70. The van der Waals surface area contributed by atoms with Crippen LogP contribution in [0.3, 0.4) is 0 Å². The summed E-state index contributed by atoms with van der Waals surface area (Å²) in [6.45, 7) is 4.63. The lowest BCUT2D eigenvalue weighted by atomic mass is 10.0. The standard InChI is InChI=1S/C28H35N5O5/c1-4-20-15-21-24(28(38)33(20)16-22(35)18-9-7-6-8-10-18)25(29-5-2)26(31(21)3)27(37)30-19-11-13-32(14-12-19)23(36)17-34/h6-10,15,19,29,34H,4-5,11-14,16-17H2,1-3H3,(H,30,37). The second kappa shape index (κ2) is 11.6. The third kappa shape index (κ3) is 5.22. The van der Waals surface area contributed by atoms with Crippen LogP contribution in [-0.4, -0.2) is 69.0 Å². The molecular formula is C28H35N5O5. The van der Waals surface area contributed by atoms with Gasteiger partial charge in [-0.2, -0.15) is 0 Å². The molecule has 0 atom stereocenters. The van der Waals surface area contributed by atoms with Gasteiger partial charge < -0.3 is 29.8 Å². The highest BCUT2D eigenvalue weighted by Gasteiger charge is 2.29. The maximum Gasteiger partial charge on any atom is 0.270 e. The minimum atomic E-state index is -0.521. The zero-order chi connectivity index (χ0) is 27.4. The average Bonchev–Trinajstić information content (AvgIpc) is 3.21. The normalized spacial score (nSPS) is 14.1. The number of rotatable bonds is 9. The van der Waals surface area contributed by atoms with Crippen LogP contribution in [0.2, 0.25) is 0 Å². The van der Waals surface area contributed by atoms with Gasteiger partial charge in [0.1, 0.15) is 12.3 Å². The predicted octanol–water partition coefficient (Wildman–Crippen LogP) is 1.93. The molecule has 0 aliphatic carbocycles. The fourth-order valence-corrected chi connectivity index (χ4v) is 5.16. The molecule has 4 rings (SSSR count). The minimum Gasteiger partial charge on any atom is -0.387 e. The van der Waals surface area contributed by atoms with Crippen molar-refractivity contribution < 1.29 is 19.5 Å². The number of benzene rings is 1. The molecule has 0 saturated carbocycles. The first-order chi connectivity index (χ1) is 18.3. The van der Waals surface area contributed by atoms with Gasteiger partial charge >= 0.3 is 0 Å². The first-order valence-corrected chi connectivity index (χ1v) is 13.1. The monoisotopic (exact) mass is 521 g/mol. The van der Waals surface area contributed by atoms with Gasteiger partial charge in [0.2, 0.25) is 5.91 Å². The van der Waals surface area contributed by atoms with Crippen LogP contribution in [0.15, 0.2) is 41.2 Å². The second-order valence-corrected chi connectivity index (χ2v) is 9.53. The Morgan fingerprint density at radius 2 is 1.76 bits per heavy atom. The number of nitrogens with zero attached hydrogens (tertiary/aromatic N) is 3. The second-order valence-electron chi connectivity index (χ2n) is 9.53. The van der Waals surface area contributed by atoms with Gasteiger partial charge in [-0.15, -0.1) is 0 Å². The number of amides is 2. The SMILES string of the molecule is CCNc1c(C(=O)NC2CCN(C(=O)CO)CC2)n(C)c2cc(CC)n(CC(=O)c3ccccc3)c(=O)c12. The molecule has 3 heterocycles. The van der Waals surface area contributed by atoms with Gasteiger partial charge in [0.25, 0.3) is 11.5 Å². The van der Waals surface area contributed by atoms with E-state index in [0.29, 0.717) is 72.4 Å². The Morgan fingerprint density at radius 3 is 2.37 bits per heavy atom. The number of nitrogens with one attached hydrogen (secondary N) is 2. The van der Waals surface area contributed by atoms with Gasteiger partial charge in [0.15, 0.2) is 5.78 Å². The number of carbonyl (C=O) groups is 3. The Morgan fingerprint density at radius 1 is 1.08 bits per heavy atom. The summed E-state index contributed by atoms with van der Waals surface area (Å²) in [5, 5.41) is 15.8. The summed E-state index contributed by atoms with van der Waals surface area (Å²) in [4.78, 5) is 53.7. The Bertz CT molecular complexity index is 1400. The van der Waals surface area contributed by atoms with Crippen molar-refractivity contribution in [1.82, 2.24) is 19.4 Å². The molecule has 0 bridgehead atoms. The van der Waals surface area contributed by atoms with E-state index in [0.717, 1.165) is 0 Å². The summed E-state index contributed by atoms with van der Waals surface area (Å²) in [5.41, 5.74) is 2.35. The molecule has 1 aliphatic heterocycles. The lowest BCUT2D eigenvalue weighted by Gasteiger charge is -2.32. The Hall–Kier alpha value is -3.92. The molecular weight excluding hydrogens is 486 g/mol. The fraction of sp³-hybridized carbons (Fsp3) is 0.429. The van der Waals surface area contributed by atoms with Gasteiger partial charge in [-0.1, -0.05) is 37.3 Å². The lowest BCUT2D eigenvalue weighted by Crippen LogP contribution is -2.47. The smallest absolute Gasteiger partial charge is 0.270 e. The zero-order valence-corrected chi connectivity index (χ0v) is 22.1. The van der Waals surface area contributed by atoms with Crippen molar-refractivity contribution in [1.29, 1.82) is 0 Å². The molecule has 0 unspecified atom stereocenters. The summed E-state index contributed by atoms with van der Waals surface area (Å²) < 4.78 is 3.24. The Kier molecular flexibility index (Phi) is 8.31. The molecule has 0 radical (unpaired) electrons. The molecule has 0 spiro atoms. The first-order valence-electron chi connectivity index (χ1n) is 13.1. The van der Waals surface area contributed by atoms with E-state index in [1.807, 2.05) is 26.0 Å². The lowest BCUT2D eigenvalue weighted by molar-refractivity contribution is -0.135. The van der Waals surface area contributed by atoms with Crippen LogP contribution in [0.5, 0.6) is 0 Å².